The van der Waals surface area contributed by atoms with Crippen LogP contribution in [0.4, 0.5) is 4.39 Å². The first kappa shape index (κ1) is 17.8. The Kier molecular flexibility index (Phi) is 5.38. The highest BCUT2D eigenvalue weighted by Crippen LogP contribution is 2.27. The molecule has 128 valence electrons. The van der Waals surface area contributed by atoms with Crippen molar-refractivity contribution in [3.05, 3.63) is 29.6 Å². The van der Waals surface area contributed by atoms with Gasteiger partial charge in [-0.05, 0) is 49.4 Å². The summed E-state index contributed by atoms with van der Waals surface area (Å²) in [5, 5.41) is 9.49. The summed E-state index contributed by atoms with van der Waals surface area (Å²) in [4.78, 5) is 11.4. The van der Waals surface area contributed by atoms with Gasteiger partial charge in [-0.2, -0.15) is 4.31 Å². The third-order valence-electron chi connectivity index (χ3n) is 4.05. The molecule has 1 atom stereocenters. The summed E-state index contributed by atoms with van der Waals surface area (Å²) in [6, 6.07) is 2.25. The first-order valence-corrected chi connectivity index (χ1v) is 8.73. The number of carboxylic acid groups (broad SMARTS) is 1. The van der Waals surface area contributed by atoms with Crippen LogP contribution in [0.25, 0.3) is 0 Å². The van der Waals surface area contributed by atoms with Gasteiger partial charge in [-0.1, -0.05) is 0 Å². The SMILES string of the molecule is Cc1cc(F)cc(S(=O)(=O)N(C)C(C(=O)O)C2CCOCC2)c1. The summed E-state index contributed by atoms with van der Waals surface area (Å²) in [5.74, 6) is -2.22. The monoisotopic (exact) mass is 345 g/mol. The van der Waals surface area contributed by atoms with Crippen LogP contribution >= 0.6 is 0 Å². The van der Waals surface area contributed by atoms with Crippen molar-refractivity contribution in [2.24, 2.45) is 5.92 Å². The van der Waals surface area contributed by atoms with Crippen LogP contribution in [0.1, 0.15) is 18.4 Å². The number of hydrogen-bond acceptors (Lipinski definition) is 4. The molecule has 1 heterocycles. The smallest absolute Gasteiger partial charge is 0.322 e. The van der Waals surface area contributed by atoms with Crippen LogP contribution in [0.15, 0.2) is 23.1 Å². The zero-order chi connectivity index (χ0) is 17.2. The van der Waals surface area contributed by atoms with Crippen molar-refractivity contribution in [1.29, 1.82) is 0 Å². The summed E-state index contributed by atoms with van der Waals surface area (Å²) >= 11 is 0. The third-order valence-corrected chi connectivity index (χ3v) is 5.87. The number of rotatable bonds is 5. The molecule has 0 aromatic heterocycles. The summed E-state index contributed by atoms with van der Waals surface area (Å²) in [5.41, 5.74) is 0.454. The molecule has 1 aromatic carbocycles. The summed E-state index contributed by atoms with van der Waals surface area (Å²) in [7, 11) is -2.88. The molecule has 1 N–H and O–H groups in total. The van der Waals surface area contributed by atoms with E-state index < -0.39 is 27.9 Å². The van der Waals surface area contributed by atoms with Crippen molar-refractivity contribution in [3.8, 4) is 0 Å². The number of sulfonamides is 1. The summed E-state index contributed by atoms with van der Waals surface area (Å²) < 4.78 is 44.9. The maximum absolute atomic E-state index is 13.5. The fourth-order valence-electron chi connectivity index (χ4n) is 2.85. The van der Waals surface area contributed by atoms with Crippen molar-refractivity contribution in [3.63, 3.8) is 0 Å². The van der Waals surface area contributed by atoms with Gasteiger partial charge >= 0.3 is 5.97 Å². The molecule has 0 bridgehead atoms. The molecule has 0 radical (unpaired) electrons. The minimum atomic E-state index is -4.11. The highest BCUT2D eigenvalue weighted by molar-refractivity contribution is 7.89. The Morgan fingerprint density at radius 3 is 2.48 bits per heavy atom. The second-order valence-electron chi connectivity index (χ2n) is 5.72. The quantitative estimate of drug-likeness (QED) is 0.877. The average Bonchev–Trinajstić information content (AvgIpc) is 2.47. The van der Waals surface area contributed by atoms with Gasteiger partial charge in [0.25, 0.3) is 0 Å². The van der Waals surface area contributed by atoms with Gasteiger partial charge < -0.3 is 9.84 Å². The molecule has 0 spiro atoms. The lowest BCUT2D eigenvalue weighted by molar-refractivity contribution is -0.144. The standard InChI is InChI=1S/C15H20FNO5S/c1-10-7-12(16)9-13(8-10)23(20,21)17(2)14(15(18)19)11-3-5-22-6-4-11/h7-9,11,14H,3-6H2,1-2H3,(H,18,19). The first-order chi connectivity index (χ1) is 10.7. The molecule has 1 aromatic rings. The highest BCUT2D eigenvalue weighted by Gasteiger charge is 2.39. The summed E-state index contributed by atoms with van der Waals surface area (Å²) in [6.45, 7) is 2.39. The molecule has 0 amide bonds. The van der Waals surface area contributed by atoms with Crippen LogP contribution in [0.3, 0.4) is 0 Å². The van der Waals surface area contributed by atoms with Crippen LogP contribution in [0, 0.1) is 18.7 Å². The van der Waals surface area contributed by atoms with E-state index in [1.54, 1.807) is 6.92 Å². The average molecular weight is 345 g/mol. The molecule has 6 nitrogen and oxygen atoms in total. The molecule has 8 heteroatoms. The number of aliphatic carboxylic acids is 1. The zero-order valence-corrected chi connectivity index (χ0v) is 13.8. The predicted molar refractivity (Wildman–Crippen MR) is 81.1 cm³/mol. The molecule has 0 aliphatic carbocycles. The molecule has 1 aliphatic heterocycles. The van der Waals surface area contributed by atoms with E-state index in [0.717, 1.165) is 10.4 Å². The fourth-order valence-corrected chi connectivity index (χ4v) is 4.34. The predicted octanol–water partition coefficient (Wildman–Crippen LogP) is 1.63. The van der Waals surface area contributed by atoms with Gasteiger partial charge in [0, 0.05) is 20.3 Å². The van der Waals surface area contributed by atoms with Gasteiger partial charge in [-0.15, -0.1) is 0 Å². The van der Waals surface area contributed by atoms with Crippen molar-refractivity contribution < 1.29 is 27.4 Å². The van der Waals surface area contributed by atoms with E-state index in [1.807, 2.05) is 0 Å². The molecule has 1 aliphatic rings. The Morgan fingerprint density at radius 1 is 1.35 bits per heavy atom. The lowest BCUT2D eigenvalue weighted by Gasteiger charge is -2.33. The second-order valence-corrected chi connectivity index (χ2v) is 7.72. The van der Waals surface area contributed by atoms with Crippen molar-refractivity contribution in [2.45, 2.75) is 30.7 Å². The minimum Gasteiger partial charge on any atom is -0.480 e. The van der Waals surface area contributed by atoms with Crippen LogP contribution < -0.4 is 0 Å². The van der Waals surface area contributed by atoms with Gasteiger partial charge in [0.1, 0.15) is 11.9 Å². The van der Waals surface area contributed by atoms with Crippen molar-refractivity contribution >= 4 is 16.0 Å². The van der Waals surface area contributed by atoms with Crippen molar-refractivity contribution in [1.82, 2.24) is 4.31 Å². The molecular formula is C15H20FNO5S. The Labute approximate surface area is 134 Å². The number of aryl methyl sites for hydroxylation is 1. The number of ether oxygens (including phenoxy) is 1. The van der Waals surface area contributed by atoms with E-state index >= 15 is 0 Å². The number of nitrogens with zero attached hydrogens (tertiary/aromatic N) is 1. The van der Waals surface area contributed by atoms with Crippen LogP contribution in [0.5, 0.6) is 0 Å². The molecule has 2 rings (SSSR count). The largest absolute Gasteiger partial charge is 0.480 e. The Morgan fingerprint density at radius 2 is 1.96 bits per heavy atom. The van der Waals surface area contributed by atoms with E-state index in [9.17, 15) is 22.7 Å². The Bertz CT molecular complexity index is 665. The van der Waals surface area contributed by atoms with E-state index in [4.69, 9.17) is 4.74 Å². The topological polar surface area (TPSA) is 83.9 Å². The van der Waals surface area contributed by atoms with Crippen LogP contribution in [-0.4, -0.2) is 50.1 Å². The summed E-state index contributed by atoms with van der Waals surface area (Å²) in [6.07, 6.45) is 0.942. The second kappa shape index (κ2) is 6.94. The first-order valence-electron chi connectivity index (χ1n) is 7.29. The third kappa shape index (κ3) is 3.88. The van der Waals surface area contributed by atoms with E-state index in [2.05, 4.69) is 0 Å². The molecule has 1 unspecified atom stereocenters. The fraction of sp³-hybridized carbons (Fsp3) is 0.533. The zero-order valence-electron chi connectivity index (χ0n) is 13.0. The minimum absolute atomic E-state index is 0.240. The Hall–Kier alpha value is -1.51. The van der Waals surface area contributed by atoms with E-state index in [-0.39, 0.29) is 10.8 Å². The number of benzene rings is 1. The number of likely N-dealkylation sites (N-methyl/N-ethyl adjacent to an activating group) is 1. The number of halogens is 1. The van der Waals surface area contributed by atoms with Crippen molar-refractivity contribution in [2.75, 3.05) is 20.3 Å². The van der Waals surface area contributed by atoms with Gasteiger partial charge in [0.15, 0.2) is 0 Å². The highest BCUT2D eigenvalue weighted by atomic mass is 32.2. The molecule has 0 saturated carbocycles. The number of carboxylic acids is 1. The van der Waals surface area contributed by atoms with Gasteiger partial charge in [0.05, 0.1) is 4.90 Å². The molecule has 1 saturated heterocycles. The normalized spacial score (nSPS) is 18.1. The molecule has 23 heavy (non-hydrogen) atoms. The van der Waals surface area contributed by atoms with Gasteiger partial charge in [-0.3, -0.25) is 4.79 Å². The maximum atomic E-state index is 13.5. The number of carbonyl (C=O) groups is 1. The van der Waals surface area contributed by atoms with Gasteiger partial charge in [-0.25, -0.2) is 12.8 Å². The molecule has 1 fully saturated rings. The lowest BCUT2D eigenvalue weighted by atomic mass is 9.92. The van der Waals surface area contributed by atoms with Gasteiger partial charge in [0.2, 0.25) is 10.0 Å². The van der Waals surface area contributed by atoms with E-state index in [0.29, 0.717) is 31.6 Å². The maximum Gasteiger partial charge on any atom is 0.322 e. The van der Waals surface area contributed by atoms with Crippen LogP contribution in [0.2, 0.25) is 0 Å². The van der Waals surface area contributed by atoms with E-state index in [1.165, 1.54) is 19.2 Å². The van der Waals surface area contributed by atoms with Crippen LogP contribution in [-0.2, 0) is 19.6 Å². The molecular weight excluding hydrogens is 325 g/mol. The number of hydrogen-bond donors (Lipinski definition) is 1. The Balaban J connectivity index is 2.37. The lowest BCUT2D eigenvalue weighted by Crippen LogP contribution is -2.48.